The van der Waals surface area contributed by atoms with Gasteiger partial charge < -0.3 is 4.57 Å². The van der Waals surface area contributed by atoms with Crippen LogP contribution in [0.15, 0.2) is 237 Å². The summed E-state index contributed by atoms with van der Waals surface area (Å²) in [5, 5.41) is 10.8. The molecule has 2 heterocycles. The van der Waals surface area contributed by atoms with E-state index in [1.165, 1.54) is 113 Å². The predicted octanol–water partition coefficient (Wildman–Crippen LogP) is 13.2. The normalized spacial score (nSPS) is 15.1. The number of aromatic nitrogens is 1. The predicted molar refractivity (Wildman–Crippen MR) is 277 cm³/mol. The zero-order chi connectivity index (χ0) is 42.6. The number of hydrogen-bond acceptors (Lipinski definition) is 1. The van der Waals surface area contributed by atoms with Gasteiger partial charge in [0.1, 0.15) is 0 Å². The molecule has 0 atom stereocenters. The van der Waals surface area contributed by atoms with Crippen LogP contribution in [0.1, 0.15) is 45.2 Å². The van der Waals surface area contributed by atoms with Gasteiger partial charge in [-0.2, -0.15) is 0 Å². The first-order valence-corrected chi connectivity index (χ1v) is 25.5. The lowest BCUT2D eigenvalue weighted by Gasteiger charge is -2.42. The van der Waals surface area contributed by atoms with Gasteiger partial charge in [-0.3, -0.25) is 0 Å². The molecule has 304 valence electrons. The molecule has 0 N–H and O–H groups in total. The molecule has 3 heteroatoms. The van der Waals surface area contributed by atoms with E-state index >= 15 is 0 Å². The zero-order valence-electron chi connectivity index (χ0n) is 35.5. The molecule has 0 amide bonds. The van der Waals surface area contributed by atoms with Crippen molar-refractivity contribution in [2.24, 2.45) is 0 Å². The number of hydrogen-bond donors (Lipinski definition) is 0. The summed E-state index contributed by atoms with van der Waals surface area (Å²) in [5.41, 5.74) is 14.9. The molecule has 0 saturated carbocycles. The summed E-state index contributed by atoms with van der Waals surface area (Å²) in [6.07, 6.45) is 0. The first-order chi connectivity index (χ1) is 32.3. The highest BCUT2D eigenvalue weighted by atomic mass is 32.1. The molecule has 65 heavy (non-hydrogen) atoms. The molecule has 0 saturated heterocycles. The standard InChI is InChI=1S/C62H41NSSi/c1-3-19-43(20-4-1)65(44-21-5-2-6-22-44,45-23-15-17-40(37-45)41-33-36-58-54(38-41)47-25-12-14-32-57(47)64-58)46-24-16-18-42(39-46)63-55-31-13-11-30-52(55)61-56(63)35-34-53-59-48-26-7-9-28-50(48)60(62(53)61)51-29-10-8-27-49(51)59/h1-39,59-60H. The van der Waals surface area contributed by atoms with Crippen LogP contribution in [-0.2, 0) is 0 Å². The Morgan fingerprint density at radius 2 is 0.892 bits per heavy atom. The van der Waals surface area contributed by atoms with E-state index in [1.54, 1.807) is 0 Å². The van der Waals surface area contributed by atoms with E-state index in [0.717, 1.165) is 0 Å². The number of fused-ring (bicyclic) bond motifs is 6. The second-order valence-corrected chi connectivity index (χ2v) is 22.8. The fraction of sp³-hybridized carbons (Fsp3) is 0.0323. The van der Waals surface area contributed by atoms with Crippen molar-refractivity contribution in [3.8, 4) is 16.8 Å². The van der Waals surface area contributed by atoms with Crippen molar-refractivity contribution >= 4 is 82.1 Å². The summed E-state index contributed by atoms with van der Waals surface area (Å²) >= 11 is 1.88. The summed E-state index contributed by atoms with van der Waals surface area (Å²) in [4.78, 5) is 0. The Bertz CT molecular complexity index is 3770. The maximum atomic E-state index is 2.56. The van der Waals surface area contributed by atoms with Gasteiger partial charge in [-0.1, -0.05) is 194 Å². The van der Waals surface area contributed by atoms with Crippen LogP contribution in [-0.4, -0.2) is 12.6 Å². The Labute approximate surface area is 383 Å². The molecule has 0 radical (unpaired) electrons. The molecular formula is C62H41NSSi. The topological polar surface area (TPSA) is 4.93 Å². The third-order valence-electron chi connectivity index (χ3n) is 14.7. The highest BCUT2D eigenvalue weighted by molar-refractivity contribution is 7.25. The molecule has 1 nitrogen and oxygen atoms in total. The average Bonchev–Trinajstić information content (AvgIpc) is 3.93. The van der Waals surface area contributed by atoms with Crippen molar-refractivity contribution in [3.05, 3.63) is 270 Å². The SMILES string of the molecule is c1ccc([Si](c2ccccc2)(c2cccc(-c3ccc4sc5ccccc5c4c3)c2)c2cccc(-n3c4ccccc4c4c5c(ccc43)C3c4ccccc4C5c4ccccc43)c2)cc1. The van der Waals surface area contributed by atoms with Crippen LogP contribution in [0.5, 0.6) is 0 Å². The molecule has 0 spiro atoms. The molecule has 2 aromatic heterocycles. The van der Waals surface area contributed by atoms with Gasteiger partial charge in [0.15, 0.2) is 8.07 Å². The molecular weight excluding hydrogens is 819 g/mol. The molecule has 3 aliphatic rings. The minimum Gasteiger partial charge on any atom is -0.309 e. The first kappa shape index (κ1) is 36.9. The second kappa shape index (κ2) is 14.2. The first-order valence-electron chi connectivity index (χ1n) is 22.7. The smallest absolute Gasteiger partial charge is 0.179 e. The zero-order valence-corrected chi connectivity index (χ0v) is 37.3. The van der Waals surface area contributed by atoms with Gasteiger partial charge in [0.05, 0.1) is 11.0 Å². The maximum Gasteiger partial charge on any atom is 0.179 e. The van der Waals surface area contributed by atoms with E-state index in [-0.39, 0.29) is 11.8 Å². The lowest BCUT2D eigenvalue weighted by Crippen LogP contribution is -2.74. The molecule has 15 rings (SSSR count). The summed E-state index contributed by atoms with van der Waals surface area (Å²) in [6, 6.07) is 90.0. The number of para-hydroxylation sites is 1. The minimum absolute atomic E-state index is 0.180. The van der Waals surface area contributed by atoms with Gasteiger partial charge in [0, 0.05) is 48.5 Å². The lowest BCUT2D eigenvalue weighted by molar-refractivity contribution is 0.761. The van der Waals surface area contributed by atoms with Crippen LogP contribution in [0, 0.1) is 0 Å². The Morgan fingerprint density at radius 3 is 1.62 bits per heavy atom. The second-order valence-electron chi connectivity index (χ2n) is 17.9. The van der Waals surface area contributed by atoms with E-state index in [1.807, 2.05) is 11.3 Å². The van der Waals surface area contributed by atoms with Crippen LogP contribution >= 0.6 is 11.3 Å². The Balaban J connectivity index is 1.01. The van der Waals surface area contributed by atoms with Crippen LogP contribution in [0.2, 0.25) is 0 Å². The minimum atomic E-state index is -2.95. The van der Waals surface area contributed by atoms with E-state index in [4.69, 9.17) is 0 Å². The number of thiophene rings is 1. The van der Waals surface area contributed by atoms with E-state index in [0.29, 0.717) is 0 Å². The fourth-order valence-electron chi connectivity index (χ4n) is 12.1. The molecule has 0 fully saturated rings. The van der Waals surface area contributed by atoms with Gasteiger partial charge in [-0.15, -0.1) is 11.3 Å². The van der Waals surface area contributed by atoms with Gasteiger partial charge in [0.25, 0.3) is 0 Å². The van der Waals surface area contributed by atoms with Crippen molar-refractivity contribution < 1.29 is 0 Å². The van der Waals surface area contributed by atoms with Crippen molar-refractivity contribution in [1.29, 1.82) is 0 Å². The Kier molecular flexibility index (Phi) is 8.07. The average molecular weight is 860 g/mol. The summed E-state index contributed by atoms with van der Waals surface area (Å²) in [6.45, 7) is 0. The summed E-state index contributed by atoms with van der Waals surface area (Å²) in [5.74, 6) is 0.405. The van der Waals surface area contributed by atoms with Crippen LogP contribution in [0.3, 0.4) is 0 Å². The van der Waals surface area contributed by atoms with E-state index in [2.05, 4.69) is 241 Å². The van der Waals surface area contributed by atoms with Gasteiger partial charge >= 0.3 is 0 Å². The van der Waals surface area contributed by atoms with Crippen LogP contribution < -0.4 is 20.7 Å². The van der Waals surface area contributed by atoms with Crippen molar-refractivity contribution in [1.82, 2.24) is 4.57 Å². The lowest BCUT2D eigenvalue weighted by atomic mass is 9.60. The maximum absolute atomic E-state index is 2.95. The highest BCUT2D eigenvalue weighted by Crippen LogP contribution is 2.58. The molecule has 12 aromatic rings. The van der Waals surface area contributed by atoms with Crippen molar-refractivity contribution in [2.75, 3.05) is 0 Å². The van der Waals surface area contributed by atoms with E-state index in [9.17, 15) is 0 Å². The monoisotopic (exact) mass is 859 g/mol. The summed E-state index contributed by atoms with van der Waals surface area (Å²) in [7, 11) is -2.95. The van der Waals surface area contributed by atoms with Gasteiger partial charge in [-0.05, 0) is 108 Å². The number of rotatable bonds is 6. The highest BCUT2D eigenvalue weighted by Gasteiger charge is 2.44. The third kappa shape index (κ3) is 5.25. The summed E-state index contributed by atoms with van der Waals surface area (Å²) < 4.78 is 5.22. The fourth-order valence-corrected chi connectivity index (χ4v) is 18.0. The molecule has 0 unspecified atom stereocenters. The molecule has 0 aliphatic heterocycles. The third-order valence-corrected chi connectivity index (χ3v) is 20.6. The van der Waals surface area contributed by atoms with Crippen LogP contribution in [0.4, 0.5) is 0 Å². The van der Waals surface area contributed by atoms with Crippen molar-refractivity contribution in [3.63, 3.8) is 0 Å². The Hall–Kier alpha value is -7.56. The quantitative estimate of drug-likeness (QED) is 0.116. The number of nitrogens with zero attached hydrogens (tertiary/aromatic N) is 1. The van der Waals surface area contributed by atoms with E-state index < -0.39 is 8.07 Å². The Morgan fingerprint density at radius 1 is 0.338 bits per heavy atom. The van der Waals surface area contributed by atoms with Gasteiger partial charge in [0.2, 0.25) is 0 Å². The molecule has 2 bridgehead atoms. The van der Waals surface area contributed by atoms with Crippen LogP contribution in [0.25, 0.3) is 58.8 Å². The van der Waals surface area contributed by atoms with Crippen molar-refractivity contribution in [2.45, 2.75) is 11.8 Å². The number of benzene rings is 10. The molecule has 3 aliphatic carbocycles. The van der Waals surface area contributed by atoms with Gasteiger partial charge in [-0.25, -0.2) is 0 Å². The largest absolute Gasteiger partial charge is 0.309 e. The molecule has 10 aromatic carbocycles.